The third kappa shape index (κ3) is 2.43. The minimum atomic E-state index is 0.0897. The van der Waals surface area contributed by atoms with E-state index in [-0.39, 0.29) is 5.91 Å². The first-order chi connectivity index (χ1) is 5.75. The monoisotopic (exact) mass is 204 g/mol. The summed E-state index contributed by atoms with van der Waals surface area (Å²) >= 11 is 6.58. The van der Waals surface area contributed by atoms with Crippen molar-refractivity contribution in [2.75, 3.05) is 25.4 Å². The molecule has 0 aromatic heterocycles. The first kappa shape index (κ1) is 9.95. The Balaban J connectivity index is 2.36. The van der Waals surface area contributed by atoms with E-state index in [0.29, 0.717) is 6.54 Å². The molecule has 0 saturated carbocycles. The zero-order valence-corrected chi connectivity index (χ0v) is 8.63. The first-order valence-corrected chi connectivity index (χ1v) is 5.33. The van der Waals surface area contributed by atoms with Gasteiger partial charge < -0.3 is 5.32 Å². The van der Waals surface area contributed by atoms with Crippen LogP contribution < -0.4 is 5.32 Å². The largest absolute Gasteiger partial charge is 0.309 e. The van der Waals surface area contributed by atoms with Crippen LogP contribution in [0, 0.1) is 0 Å². The molecule has 0 unspecified atom stereocenters. The normalized spacial score (nSPS) is 17.1. The third-order valence-electron chi connectivity index (χ3n) is 1.59. The number of likely N-dealkylation sites (N-methyl/N-ethyl adjacent to an activating group) is 1. The van der Waals surface area contributed by atoms with E-state index >= 15 is 0 Å². The number of carbonyl (C=O) groups is 1. The maximum absolute atomic E-state index is 11.4. The highest BCUT2D eigenvalue weighted by Crippen LogP contribution is 2.17. The fourth-order valence-electron chi connectivity index (χ4n) is 0.947. The van der Waals surface area contributed by atoms with Crippen LogP contribution in [0.5, 0.6) is 0 Å². The van der Waals surface area contributed by atoms with E-state index < -0.39 is 0 Å². The summed E-state index contributed by atoms with van der Waals surface area (Å²) in [4.78, 5) is 13.0. The number of nitrogens with one attached hydrogen (secondary N) is 1. The van der Waals surface area contributed by atoms with Crippen LogP contribution in [0.25, 0.3) is 0 Å². The minimum Gasteiger partial charge on any atom is -0.309 e. The highest BCUT2D eigenvalue weighted by molar-refractivity contribution is 8.23. The molecule has 0 radical (unpaired) electrons. The maximum atomic E-state index is 11.4. The van der Waals surface area contributed by atoms with E-state index in [4.69, 9.17) is 12.2 Å². The summed E-state index contributed by atoms with van der Waals surface area (Å²) in [5.41, 5.74) is 0. The molecule has 1 fully saturated rings. The molecular weight excluding hydrogens is 192 g/mol. The summed E-state index contributed by atoms with van der Waals surface area (Å²) in [6, 6.07) is 0. The van der Waals surface area contributed by atoms with Crippen molar-refractivity contribution in [1.29, 1.82) is 0 Å². The molecule has 1 aliphatic heterocycles. The fraction of sp³-hybridized carbons (Fsp3) is 0.714. The van der Waals surface area contributed by atoms with Gasteiger partial charge in [0, 0.05) is 12.3 Å². The van der Waals surface area contributed by atoms with Crippen molar-refractivity contribution in [3.05, 3.63) is 0 Å². The molecule has 0 spiro atoms. The molecule has 1 amide bonds. The van der Waals surface area contributed by atoms with E-state index in [1.165, 1.54) is 0 Å². The lowest BCUT2D eigenvalue weighted by Gasteiger charge is -2.14. The van der Waals surface area contributed by atoms with Crippen molar-refractivity contribution in [3.63, 3.8) is 0 Å². The number of nitrogens with zero attached hydrogens (tertiary/aromatic N) is 1. The Morgan fingerprint density at radius 1 is 1.83 bits per heavy atom. The second kappa shape index (κ2) is 4.79. The van der Waals surface area contributed by atoms with E-state index in [1.54, 1.807) is 16.7 Å². The summed E-state index contributed by atoms with van der Waals surface area (Å²) in [5.74, 6) is 1.03. The molecule has 0 aromatic carbocycles. The van der Waals surface area contributed by atoms with Crippen LogP contribution >= 0.6 is 24.0 Å². The zero-order valence-electron chi connectivity index (χ0n) is 7.00. The van der Waals surface area contributed by atoms with Gasteiger partial charge in [-0.25, -0.2) is 0 Å². The lowest BCUT2D eigenvalue weighted by atomic mass is 10.5. The van der Waals surface area contributed by atoms with Gasteiger partial charge in [-0.15, -0.1) is 0 Å². The van der Waals surface area contributed by atoms with Gasteiger partial charge in [0.1, 0.15) is 4.32 Å². The molecule has 0 bridgehead atoms. The first-order valence-electron chi connectivity index (χ1n) is 3.93. The molecule has 3 nitrogen and oxygen atoms in total. The molecule has 1 aliphatic rings. The Labute approximate surface area is 81.9 Å². The van der Waals surface area contributed by atoms with Gasteiger partial charge in [0.05, 0.1) is 6.54 Å². The summed E-state index contributed by atoms with van der Waals surface area (Å²) in [5, 5.41) is 2.99. The van der Waals surface area contributed by atoms with Crippen LogP contribution in [0.4, 0.5) is 0 Å². The number of amides is 1. The molecular formula is C7H12N2OS2. The molecule has 5 heteroatoms. The molecule has 0 aromatic rings. The van der Waals surface area contributed by atoms with E-state index in [0.717, 1.165) is 23.2 Å². The zero-order chi connectivity index (χ0) is 8.97. The van der Waals surface area contributed by atoms with Gasteiger partial charge in [-0.05, 0) is 6.54 Å². The molecule has 68 valence electrons. The van der Waals surface area contributed by atoms with Crippen molar-refractivity contribution in [3.8, 4) is 0 Å². The van der Waals surface area contributed by atoms with Crippen molar-refractivity contribution in [2.45, 2.75) is 6.92 Å². The van der Waals surface area contributed by atoms with Crippen molar-refractivity contribution < 1.29 is 4.79 Å². The molecule has 12 heavy (non-hydrogen) atoms. The second-order valence-corrected chi connectivity index (χ2v) is 4.17. The molecule has 1 heterocycles. The highest BCUT2D eigenvalue weighted by Gasteiger charge is 2.22. The van der Waals surface area contributed by atoms with Gasteiger partial charge in [-0.1, -0.05) is 30.9 Å². The maximum Gasteiger partial charge on any atom is 0.241 e. The van der Waals surface area contributed by atoms with Crippen molar-refractivity contribution in [2.24, 2.45) is 0 Å². The topological polar surface area (TPSA) is 32.3 Å². The van der Waals surface area contributed by atoms with E-state index in [1.807, 2.05) is 6.92 Å². The Morgan fingerprint density at radius 3 is 3.08 bits per heavy atom. The molecule has 0 atom stereocenters. The van der Waals surface area contributed by atoms with Gasteiger partial charge >= 0.3 is 0 Å². The number of hydrogen-bond acceptors (Lipinski definition) is 4. The van der Waals surface area contributed by atoms with Crippen LogP contribution in [-0.4, -0.2) is 40.5 Å². The van der Waals surface area contributed by atoms with Crippen LogP contribution in [0.15, 0.2) is 0 Å². The van der Waals surface area contributed by atoms with E-state index in [9.17, 15) is 4.79 Å². The lowest BCUT2D eigenvalue weighted by Crippen LogP contribution is -2.37. The van der Waals surface area contributed by atoms with Gasteiger partial charge in [0.25, 0.3) is 0 Å². The second-order valence-electron chi connectivity index (χ2n) is 2.44. The quantitative estimate of drug-likeness (QED) is 0.677. The summed E-state index contributed by atoms with van der Waals surface area (Å²) in [7, 11) is 0. The van der Waals surface area contributed by atoms with Crippen LogP contribution in [-0.2, 0) is 4.79 Å². The van der Waals surface area contributed by atoms with E-state index in [2.05, 4.69) is 5.32 Å². The van der Waals surface area contributed by atoms with Gasteiger partial charge in [-0.2, -0.15) is 0 Å². The summed E-state index contributed by atoms with van der Waals surface area (Å²) in [6.45, 7) is 3.97. The van der Waals surface area contributed by atoms with Crippen LogP contribution in [0.3, 0.4) is 0 Å². The smallest absolute Gasteiger partial charge is 0.241 e. The predicted octanol–water partition coefficient (Wildman–Crippen LogP) is 0.456. The van der Waals surface area contributed by atoms with Crippen molar-refractivity contribution in [1.82, 2.24) is 10.2 Å². The standard InChI is InChI=1S/C7H12N2OS2/c1-2-8-5-6(10)9-3-4-12-7(9)11/h8H,2-5H2,1H3. The summed E-state index contributed by atoms with van der Waals surface area (Å²) in [6.07, 6.45) is 0. The van der Waals surface area contributed by atoms with Gasteiger partial charge in [-0.3, -0.25) is 9.69 Å². The van der Waals surface area contributed by atoms with Gasteiger partial charge in [0.2, 0.25) is 5.91 Å². The number of carbonyl (C=O) groups excluding carboxylic acids is 1. The number of hydrogen-bond donors (Lipinski definition) is 1. The Kier molecular flexibility index (Phi) is 3.97. The average Bonchev–Trinajstić information content (AvgIpc) is 2.47. The van der Waals surface area contributed by atoms with Gasteiger partial charge in [0.15, 0.2) is 0 Å². The third-order valence-corrected chi connectivity index (χ3v) is 3.02. The molecule has 1 saturated heterocycles. The molecule has 1 rings (SSSR count). The van der Waals surface area contributed by atoms with Crippen LogP contribution in [0.2, 0.25) is 0 Å². The molecule has 0 aliphatic carbocycles. The number of thioether (sulfide) groups is 1. The molecule has 1 N–H and O–H groups in total. The minimum absolute atomic E-state index is 0.0897. The van der Waals surface area contributed by atoms with Crippen LogP contribution in [0.1, 0.15) is 6.92 Å². The number of thiocarbonyl (C=S) groups is 1. The summed E-state index contributed by atoms with van der Waals surface area (Å²) < 4.78 is 0.720. The SMILES string of the molecule is CCNCC(=O)N1CCSC1=S. The Morgan fingerprint density at radius 2 is 2.58 bits per heavy atom. The lowest BCUT2D eigenvalue weighted by molar-refractivity contribution is -0.125. The van der Waals surface area contributed by atoms with Crippen molar-refractivity contribution >= 4 is 34.2 Å². The number of rotatable bonds is 3. The average molecular weight is 204 g/mol. The Hall–Kier alpha value is -0.130. The predicted molar refractivity (Wildman–Crippen MR) is 55.3 cm³/mol. The highest BCUT2D eigenvalue weighted by atomic mass is 32.2. The fourth-order valence-corrected chi connectivity index (χ4v) is 2.19. The Bertz CT molecular complexity index is 196.